The molecule has 5 rings (SSSR count). The number of carbonyl (C=O) groups excluding carboxylic acids is 1. The molecule has 0 bridgehead atoms. The van der Waals surface area contributed by atoms with Crippen LogP contribution < -0.4 is 9.64 Å². The van der Waals surface area contributed by atoms with E-state index in [1.165, 1.54) is 35.7 Å². The summed E-state index contributed by atoms with van der Waals surface area (Å²) in [5.74, 6) is 0.598. The SMILES string of the molecule is CSc1nnc2c(n1)O[C@H](c1ccc(-c3ccc(F)cc3)o1)N(C(C)=O)c1ccccc1-2. The number of fused-ring (bicyclic) bond motifs is 3. The van der Waals surface area contributed by atoms with E-state index >= 15 is 0 Å². The third-order valence-corrected chi connectivity index (χ3v) is 5.57. The minimum Gasteiger partial charge on any atom is -0.455 e. The number of amides is 1. The molecule has 1 aliphatic rings. The van der Waals surface area contributed by atoms with Crippen LogP contribution in [0.25, 0.3) is 22.6 Å². The fourth-order valence-corrected chi connectivity index (χ4v) is 3.88. The number of nitrogens with zero attached hydrogens (tertiary/aromatic N) is 4. The van der Waals surface area contributed by atoms with Crippen LogP contribution in [0.3, 0.4) is 0 Å². The summed E-state index contributed by atoms with van der Waals surface area (Å²) in [7, 11) is 0. The minimum absolute atomic E-state index is 0.243. The van der Waals surface area contributed by atoms with Gasteiger partial charge in [0.25, 0.3) is 0 Å². The highest BCUT2D eigenvalue weighted by Crippen LogP contribution is 2.43. The molecule has 0 fully saturated rings. The summed E-state index contributed by atoms with van der Waals surface area (Å²) >= 11 is 1.34. The van der Waals surface area contributed by atoms with Gasteiger partial charge >= 0.3 is 0 Å². The smallest absolute Gasteiger partial charge is 0.247 e. The second-order valence-corrected chi connectivity index (χ2v) is 7.81. The molecule has 1 amide bonds. The van der Waals surface area contributed by atoms with Gasteiger partial charge in [-0.05, 0) is 48.7 Å². The van der Waals surface area contributed by atoms with Crippen molar-refractivity contribution in [2.45, 2.75) is 18.3 Å². The van der Waals surface area contributed by atoms with Crippen molar-refractivity contribution in [3.05, 3.63) is 72.2 Å². The second-order valence-electron chi connectivity index (χ2n) is 7.04. The topological polar surface area (TPSA) is 81.3 Å². The molecule has 1 atom stereocenters. The molecule has 0 unspecified atom stereocenters. The summed E-state index contributed by atoms with van der Waals surface area (Å²) in [6.45, 7) is 1.46. The Labute approximate surface area is 187 Å². The molecule has 0 saturated carbocycles. The third kappa shape index (κ3) is 3.50. The molecule has 1 aliphatic heterocycles. The van der Waals surface area contributed by atoms with Crippen molar-refractivity contribution >= 4 is 23.4 Å². The number of hydrogen-bond acceptors (Lipinski definition) is 7. The summed E-state index contributed by atoms with van der Waals surface area (Å²) in [6, 6.07) is 16.8. The van der Waals surface area contributed by atoms with Crippen LogP contribution in [-0.4, -0.2) is 27.3 Å². The van der Waals surface area contributed by atoms with Crippen LogP contribution in [-0.2, 0) is 4.79 Å². The van der Waals surface area contributed by atoms with E-state index in [-0.39, 0.29) is 17.6 Å². The first-order valence-electron chi connectivity index (χ1n) is 9.75. The van der Waals surface area contributed by atoms with Crippen LogP contribution in [0.4, 0.5) is 10.1 Å². The third-order valence-electron chi connectivity index (χ3n) is 5.03. The van der Waals surface area contributed by atoms with Crippen molar-refractivity contribution in [2.24, 2.45) is 0 Å². The summed E-state index contributed by atoms with van der Waals surface area (Å²) in [6.07, 6.45) is 0.921. The average Bonchev–Trinajstić information content (AvgIpc) is 3.24. The van der Waals surface area contributed by atoms with E-state index in [9.17, 15) is 9.18 Å². The Bertz CT molecular complexity index is 1310. The fraction of sp³-hybridized carbons (Fsp3) is 0.130. The lowest BCUT2D eigenvalue weighted by Gasteiger charge is -2.28. The number of halogens is 1. The first-order valence-corrected chi connectivity index (χ1v) is 11.0. The molecule has 0 aliphatic carbocycles. The maximum absolute atomic E-state index is 13.3. The van der Waals surface area contributed by atoms with Gasteiger partial charge in [0.2, 0.25) is 23.2 Å². The molecule has 0 saturated heterocycles. The Morgan fingerprint density at radius 1 is 1.06 bits per heavy atom. The summed E-state index contributed by atoms with van der Waals surface area (Å²) in [4.78, 5) is 18.8. The molecular weight excluding hydrogens is 431 g/mol. The molecule has 32 heavy (non-hydrogen) atoms. The largest absolute Gasteiger partial charge is 0.455 e. The normalized spacial score (nSPS) is 14.8. The van der Waals surface area contributed by atoms with E-state index in [2.05, 4.69) is 15.2 Å². The van der Waals surface area contributed by atoms with E-state index in [1.54, 1.807) is 24.3 Å². The quantitative estimate of drug-likeness (QED) is 0.403. The highest BCUT2D eigenvalue weighted by Gasteiger charge is 2.36. The molecular formula is C23H17FN4O3S. The van der Waals surface area contributed by atoms with E-state index in [0.717, 1.165) is 0 Å². The standard InChI is InChI=1S/C23H17FN4O3S/c1-13(29)28-17-6-4-3-5-16(17)20-21(25-23(32-2)27-26-20)31-22(28)19-12-11-18(30-19)14-7-9-15(24)10-8-14/h3-12,22H,1-2H3/t22-/m1/s1. The monoisotopic (exact) mass is 448 g/mol. The van der Waals surface area contributed by atoms with Gasteiger partial charge in [-0.1, -0.05) is 30.0 Å². The number of para-hydroxylation sites is 1. The van der Waals surface area contributed by atoms with Gasteiger partial charge in [-0.2, -0.15) is 4.98 Å². The zero-order chi connectivity index (χ0) is 22.2. The molecule has 4 aromatic rings. The van der Waals surface area contributed by atoms with E-state index in [1.807, 2.05) is 30.5 Å². The highest BCUT2D eigenvalue weighted by molar-refractivity contribution is 7.98. The van der Waals surface area contributed by atoms with Gasteiger partial charge in [0.15, 0.2) is 11.5 Å². The molecule has 9 heteroatoms. The fourth-order valence-electron chi connectivity index (χ4n) is 3.58. The van der Waals surface area contributed by atoms with Gasteiger partial charge in [0, 0.05) is 18.1 Å². The first kappa shape index (κ1) is 20.2. The number of carbonyl (C=O) groups is 1. The van der Waals surface area contributed by atoms with E-state index < -0.39 is 6.23 Å². The summed E-state index contributed by atoms with van der Waals surface area (Å²) in [5, 5.41) is 8.89. The summed E-state index contributed by atoms with van der Waals surface area (Å²) in [5.41, 5.74) is 2.43. The zero-order valence-corrected chi connectivity index (χ0v) is 18.0. The minimum atomic E-state index is -0.921. The van der Waals surface area contributed by atoms with Crippen molar-refractivity contribution < 1.29 is 18.3 Å². The Morgan fingerprint density at radius 3 is 2.59 bits per heavy atom. The molecule has 160 valence electrons. The van der Waals surface area contributed by atoms with Gasteiger partial charge in [0.05, 0.1) is 5.69 Å². The van der Waals surface area contributed by atoms with Gasteiger partial charge < -0.3 is 9.15 Å². The Morgan fingerprint density at radius 2 is 1.84 bits per heavy atom. The van der Waals surface area contributed by atoms with Gasteiger partial charge in [-0.3, -0.25) is 9.69 Å². The van der Waals surface area contributed by atoms with Crippen LogP contribution in [0.2, 0.25) is 0 Å². The second kappa shape index (κ2) is 8.08. The van der Waals surface area contributed by atoms with Crippen LogP contribution >= 0.6 is 11.8 Å². The number of furan rings is 1. The molecule has 0 N–H and O–H groups in total. The number of hydrogen-bond donors (Lipinski definition) is 0. The van der Waals surface area contributed by atoms with Crippen molar-refractivity contribution in [3.63, 3.8) is 0 Å². The van der Waals surface area contributed by atoms with Crippen molar-refractivity contribution in [2.75, 3.05) is 11.2 Å². The van der Waals surface area contributed by atoms with Crippen molar-refractivity contribution in [1.82, 2.24) is 15.2 Å². The molecule has 0 radical (unpaired) electrons. The van der Waals surface area contributed by atoms with E-state index in [4.69, 9.17) is 9.15 Å². The predicted octanol–water partition coefficient (Wildman–Crippen LogP) is 5.10. The summed E-state index contributed by atoms with van der Waals surface area (Å²) < 4.78 is 25.6. The number of benzene rings is 2. The maximum Gasteiger partial charge on any atom is 0.247 e. The first-order chi connectivity index (χ1) is 15.5. The lowest BCUT2D eigenvalue weighted by Crippen LogP contribution is -2.35. The average molecular weight is 448 g/mol. The van der Waals surface area contributed by atoms with Gasteiger partial charge in [-0.25, -0.2) is 4.39 Å². The molecule has 2 aromatic carbocycles. The maximum atomic E-state index is 13.3. The Balaban J connectivity index is 1.66. The number of ether oxygens (including phenoxy) is 1. The zero-order valence-electron chi connectivity index (χ0n) is 17.2. The van der Waals surface area contributed by atoms with Crippen LogP contribution in [0.15, 0.2) is 70.2 Å². The van der Waals surface area contributed by atoms with Crippen molar-refractivity contribution in [1.29, 1.82) is 0 Å². The number of aromatic nitrogens is 3. The number of anilines is 1. The lowest BCUT2D eigenvalue weighted by molar-refractivity contribution is -0.118. The Kier molecular flexibility index (Phi) is 5.10. The van der Waals surface area contributed by atoms with Gasteiger partial charge in [-0.15, -0.1) is 10.2 Å². The molecule has 3 heterocycles. The lowest BCUT2D eigenvalue weighted by atomic mass is 10.1. The van der Waals surface area contributed by atoms with Crippen LogP contribution in [0, 0.1) is 5.82 Å². The molecule has 2 aromatic heterocycles. The number of rotatable bonds is 3. The van der Waals surface area contributed by atoms with Crippen LogP contribution in [0.5, 0.6) is 5.88 Å². The Hall–Kier alpha value is -3.72. The molecule has 0 spiro atoms. The van der Waals surface area contributed by atoms with Gasteiger partial charge in [0.1, 0.15) is 11.6 Å². The predicted molar refractivity (Wildman–Crippen MR) is 118 cm³/mol. The molecule has 7 nitrogen and oxygen atoms in total. The highest BCUT2D eigenvalue weighted by atomic mass is 32.2. The van der Waals surface area contributed by atoms with Crippen LogP contribution in [0.1, 0.15) is 18.9 Å². The van der Waals surface area contributed by atoms with E-state index in [0.29, 0.717) is 39.2 Å². The number of thioether (sulfide) groups is 1. The van der Waals surface area contributed by atoms with Crippen molar-refractivity contribution in [3.8, 4) is 28.5 Å².